The maximum atomic E-state index is 10.3. The smallest absolute Gasteiger partial charge is 0.332 e. The first-order valence-electron chi connectivity index (χ1n) is 4.09. The Kier molecular flexibility index (Phi) is 8.91. The van der Waals surface area contributed by atoms with E-state index in [0.717, 1.165) is 0 Å². The number of rotatable bonds is 3. The van der Waals surface area contributed by atoms with Gasteiger partial charge in [0.05, 0.1) is 13.3 Å². The molecule has 0 saturated heterocycles. The normalized spacial score (nSPS) is 9.00. The Morgan fingerprint density at radius 1 is 1.59 bits per heavy atom. The number of amides is 2. The van der Waals surface area contributed by atoms with Crippen molar-refractivity contribution >= 4 is 12.2 Å². The number of benzene rings is 1. The predicted octanol–water partition coefficient (Wildman–Crippen LogP) is -0.424. The molecule has 0 aliphatic rings. The van der Waals surface area contributed by atoms with Crippen LogP contribution in [0.25, 0.3) is 0 Å². The topological polar surface area (TPSA) is 128 Å². The maximum Gasteiger partial charge on any atom is 0.332 e. The summed E-state index contributed by atoms with van der Waals surface area (Å²) in [5.41, 5.74) is 7.23. The molecule has 0 aromatic heterocycles. The average molecular weight is 334 g/mol. The van der Waals surface area contributed by atoms with Gasteiger partial charge in [-0.3, -0.25) is 0 Å². The molecular weight excluding hydrogens is 321 g/mol. The SMILES string of the molecule is COc1cccc(/C=N/NC(N)=O)c1O.O.[Pd]. The molecule has 17 heavy (non-hydrogen) atoms. The van der Waals surface area contributed by atoms with Crippen molar-refractivity contribution in [2.45, 2.75) is 0 Å². The fraction of sp³-hybridized carbons (Fsp3) is 0.111. The van der Waals surface area contributed by atoms with Gasteiger partial charge in [-0.25, -0.2) is 10.2 Å². The third-order valence-electron chi connectivity index (χ3n) is 1.63. The number of hydrogen-bond acceptors (Lipinski definition) is 4. The molecule has 0 fully saturated rings. The molecule has 0 radical (unpaired) electrons. The molecule has 8 heteroatoms. The van der Waals surface area contributed by atoms with Crippen LogP contribution >= 0.6 is 0 Å². The molecule has 1 aromatic carbocycles. The number of carbonyl (C=O) groups excluding carboxylic acids is 1. The molecule has 0 heterocycles. The molecule has 6 N–H and O–H groups in total. The zero-order valence-electron chi connectivity index (χ0n) is 8.91. The zero-order chi connectivity index (χ0) is 11.3. The summed E-state index contributed by atoms with van der Waals surface area (Å²) in [5, 5.41) is 13.1. The largest absolute Gasteiger partial charge is 0.504 e. The number of para-hydroxylation sites is 1. The second-order valence-electron chi connectivity index (χ2n) is 2.63. The van der Waals surface area contributed by atoms with Crippen LogP contribution in [0.3, 0.4) is 0 Å². The number of methoxy groups -OCH3 is 1. The Labute approximate surface area is 112 Å². The van der Waals surface area contributed by atoms with Gasteiger partial charge in [0, 0.05) is 26.0 Å². The standard InChI is InChI=1S/C9H11N3O3.H2O.Pd/c1-15-7-4-2-3-6(8(7)13)5-11-12-9(10)14;;/h2-5,13H,1H3,(H3,10,12,14);1H2;/b11-5+;;. The number of carbonyl (C=O) groups is 1. The van der Waals surface area contributed by atoms with Crippen LogP contribution in [0.1, 0.15) is 5.56 Å². The van der Waals surface area contributed by atoms with E-state index >= 15 is 0 Å². The maximum absolute atomic E-state index is 10.3. The van der Waals surface area contributed by atoms with Crippen molar-refractivity contribution in [3.63, 3.8) is 0 Å². The summed E-state index contributed by atoms with van der Waals surface area (Å²) in [7, 11) is 1.44. The van der Waals surface area contributed by atoms with Crippen molar-refractivity contribution in [3.05, 3.63) is 23.8 Å². The average Bonchev–Trinajstić information content (AvgIpc) is 2.20. The number of phenolic OH excluding ortho intramolecular Hbond substituents is 1. The molecular formula is C9H13N3O4Pd. The summed E-state index contributed by atoms with van der Waals surface area (Å²) in [4.78, 5) is 10.3. The fourth-order valence-corrected chi connectivity index (χ4v) is 0.974. The first-order chi connectivity index (χ1) is 7.15. The molecule has 0 unspecified atom stereocenters. The quantitative estimate of drug-likeness (QED) is 0.394. The van der Waals surface area contributed by atoms with E-state index in [1.807, 2.05) is 5.43 Å². The minimum Gasteiger partial charge on any atom is -0.504 e. The number of aromatic hydroxyl groups is 1. The summed E-state index contributed by atoms with van der Waals surface area (Å²) < 4.78 is 4.89. The van der Waals surface area contributed by atoms with Gasteiger partial charge >= 0.3 is 6.03 Å². The van der Waals surface area contributed by atoms with Gasteiger partial charge in [-0.15, -0.1) is 0 Å². The molecule has 0 saturated carbocycles. The number of urea groups is 1. The Morgan fingerprint density at radius 2 is 2.24 bits per heavy atom. The third kappa shape index (κ3) is 5.31. The summed E-state index contributed by atoms with van der Waals surface area (Å²) in [6.45, 7) is 0. The van der Waals surface area contributed by atoms with Crippen molar-refractivity contribution in [2.24, 2.45) is 10.8 Å². The van der Waals surface area contributed by atoms with Crippen LogP contribution < -0.4 is 15.9 Å². The van der Waals surface area contributed by atoms with Crippen molar-refractivity contribution < 1.29 is 40.5 Å². The number of nitrogens with one attached hydrogen (secondary N) is 1. The second kappa shape index (κ2) is 8.52. The van der Waals surface area contributed by atoms with Crippen LogP contribution in [0.2, 0.25) is 0 Å². The number of nitrogens with two attached hydrogens (primary N) is 1. The van der Waals surface area contributed by atoms with Crippen LogP contribution in [-0.4, -0.2) is 29.9 Å². The molecule has 7 nitrogen and oxygen atoms in total. The Bertz CT molecular complexity index is 398. The number of hydrazone groups is 1. The molecule has 0 bridgehead atoms. The third-order valence-corrected chi connectivity index (χ3v) is 1.63. The van der Waals surface area contributed by atoms with Crippen molar-refractivity contribution in [1.29, 1.82) is 0 Å². The van der Waals surface area contributed by atoms with E-state index in [-0.39, 0.29) is 31.6 Å². The Hall–Kier alpha value is -1.62. The van der Waals surface area contributed by atoms with Gasteiger partial charge in [0.15, 0.2) is 11.5 Å². The van der Waals surface area contributed by atoms with E-state index in [4.69, 9.17) is 10.5 Å². The summed E-state index contributed by atoms with van der Waals surface area (Å²) >= 11 is 0. The zero-order valence-corrected chi connectivity index (χ0v) is 10.5. The van der Waals surface area contributed by atoms with Crippen LogP contribution in [0, 0.1) is 0 Å². The minimum absolute atomic E-state index is 0. The van der Waals surface area contributed by atoms with Crippen LogP contribution in [0.5, 0.6) is 11.5 Å². The van der Waals surface area contributed by atoms with Gasteiger partial charge in [0.25, 0.3) is 0 Å². The summed E-state index contributed by atoms with van der Waals surface area (Å²) in [6.07, 6.45) is 1.27. The van der Waals surface area contributed by atoms with E-state index in [9.17, 15) is 9.90 Å². The molecule has 0 aliphatic heterocycles. The van der Waals surface area contributed by atoms with Gasteiger partial charge in [-0.2, -0.15) is 5.10 Å². The Balaban J connectivity index is 0. The van der Waals surface area contributed by atoms with Crippen LogP contribution in [-0.2, 0) is 20.4 Å². The van der Waals surface area contributed by atoms with Crippen LogP contribution in [0.15, 0.2) is 23.3 Å². The molecule has 0 atom stereocenters. The number of ether oxygens (including phenoxy) is 1. The van der Waals surface area contributed by atoms with E-state index in [1.54, 1.807) is 18.2 Å². The van der Waals surface area contributed by atoms with E-state index in [1.165, 1.54) is 13.3 Å². The summed E-state index contributed by atoms with van der Waals surface area (Å²) in [5.74, 6) is 0.285. The number of primary amides is 1. The molecule has 2 amide bonds. The molecule has 1 rings (SSSR count). The Morgan fingerprint density at radius 3 is 2.76 bits per heavy atom. The number of hydrogen-bond donors (Lipinski definition) is 3. The molecule has 0 spiro atoms. The van der Waals surface area contributed by atoms with Crippen molar-refractivity contribution in [2.75, 3.05) is 7.11 Å². The second-order valence-corrected chi connectivity index (χ2v) is 2.63. The minimum atomic E-state index is -0.770. The summed E-state index contributed by atoms with van der Waals surface area (Å²) in [6, 6.07) is 4.14. The predicted molar refractivity (Wildman–Crippen MR) is 58.6 cm³/mol. The van der Waals surface area contributed by atoms with Crippen molar-refractivity contribution in [3.8, 4) is 11.5 Å². The molecule has 1 aromatic rings. The van der Waals surface area contributed by atoms with Gasteiger partial charge in [0.2, 0.25) is 0 Å². The van der Waals surface area contributed by atoms with Gasteiger partial charge in [-0.05, 0) is 12.1 Å². The first kappa shape index (κ1) is 17.8. The molecule has 98 valence electrons. The molecule has 0 aliphatic carbocycles. The fourth-order valence-electron chi connectivity index (χ4n) is 0.974. The van der Waals surface area contributed by atoms with Crippen molar-refractivity contribution in [1.82, 2.24) is 5.43 Å². The van der Waals surface area contributed by atoms with Gasteiger partial charge in [-0.1, -0.05) is 6.07 Å². The van der Waals surface area contributed by atoms with E-state index < -0.39 is 6.03 Å². The van der Waals surface area contributed by atoms with Gasteiger partial charge in [0.1, 0.15) is 0 Å². The monoisotopic (exact) mass is 333 g/mol. The van der Waals surface area contributed by atoms with E-state index in [2.05, 4.69) is 5.10 Å². The number of nitrogens with zero attached hydrogens (tertiary/aromatic N) is 1. The first-order valence-corrected chi connectivity index (χ1v) is 4.09. The van der Waals surface area contributed by atoms with Gasteiger partial charge < -0.3 is 21.1 Å². The number of phenols is 1. The van der Waals surface area contributed by atoms with E-state index in [0.29, 0.717) is 11.3 Å². The van der Waals surface area contributed by atoms with Crippen LogP contribution in [0.4, 0.5) is 4.79 Å².